The molecule has 0 bridgehead atoms. The van der Waals surface area contributed by atoms with E-state index in [0.29, 0.717) is 6.54 Å². The fraction of sp³-hybridized carbons (Fsp3) is 0.667. The monoisotopic (exact) mass is 302 g/mol. The summed E-state index contributed by atoms with van der Waals surface area (Å²) in [7, 11) is 0. The van der Waals surface area contributed by atoms with Gasteiger partial charge in [-0.3, -0.25) is 4.90 Å². The van der Waals surface area contributed by atoms with Gasteiger partial charge < -0.3 is 14.9 Å². The number of ether oxygens (including phenoxy) is 1. The Morgan fingerprint density at radius 1 is 1.53 bits per heavy atom. The highest BCUT2D eigenvalue weighted by atomic mass is 79.9. The minimum absolute atomic E-state index is 0.0216. The topological polar surface area (TPSA) is 51.6 Å². The lowest BCUT2D eigenvalue weighted by atomic mass is 10.0. The minimum atomic E-state index is 0.0216. The van der Waals surface area contributed by atoms with Crippen LogP contribution in [-0.2, 0) is 4.74 Å². The van der Waals surface area contributed by atoms with Crippen LogP contribution in [0.15, 0.2) is 21.2 Å². The highest BCUT2D eigenvalue weighted by Crippen LogP contribution is 2.31. The van der Waals surface area contributed by atoms with E-state index in [1.165, 1.54) is 0 Å². The van der Waals surface area contributed by atoms with Crippen LogP contribution in [0, 0.1) is 0 Å². The fourth-order valence-corrected chi connectivity index (χ4v) is 2.69. The zero-order chi connectivity index (χ0) is 12.3. The first kappa shape index (κ1) is 13.1. The molecule has 1 aliphatic rings. The quantitative estimate of drug-likeness (QED) is 0.926. The van der Waals surface area contributed by atoms with Gasteiger partial charge in [0.15, 0.2) is 4.67 Å². The molecule has 96 valence electrons. The smallest absolute Gasteiger partial charge is 0.169 e. The van der Waals surface area contributed by atoms with Crippen molar-refractivity contribution in [2.24, 2.45) is 5.73 Å². The predicted octanol–water partition coefficient (Wildman–Crippen LogP) is 2.15. The first-order chi connectivity index (χ1) is 8.26. The maximum Gasteiger partial charge on any atom is 0.169 e. The Kier molecular flexibility index (Phi) is 4.62. The maximum absolute atomic E-state index is 5.79. The minimum Gasteiger partial charge on any atom is -0.453 e. The summed E-state index contributed by atoms with van der Waals surface area (Å²) < 4.78 is 12.2. The molecule has 2 heterocycles. The van der Waals surface area contributed by atoms with Gasteiger partial charge in [0.05, 0.1) is 18.8 Å². The van der Waals surface area contributed by atoms with Crippen molar-refractivity contribution in [3.8, 4) is 0 Å². The van der Waals surface area contributed by atoms with E-state index in [4.69, 9.17) is 14.9 Å². The average molecular weight is 303 g/mol. The van der Waals surface area contributed by atoms with Gasteiger partial charge in [-0.1, -0.05) is 6.92 Å². The number of furan rings is 1. The summed E-state index contributed by atoms with van der Waals surface area (Å²) in [5, 5.41) is 0. The number of morpholine rings is 1. The predicted molar refractivity (Wildman–Crippen MR) is 69.8 cm³/mol. The molecule has 2 atom stereocenters. The molecular weight excluding hydrogens is 284 g/mol. The van der Waals surface area contributed by atoms with Crippen LogP contribution < -0.4 is 5.73 Å². The van der Waals surface area contributed by atoms with Crippen molar-refractivity contribution in [3.05, 3.63) is 22.6 Å². The number of hydrogen-bond donors (Lipinski definition) is 1. The van der Waals surface area contributed by atoms with Crippen molar-refractivity contribution >= 4 is 15.9 Å². The van der Waals surface area contributed by atoms with Crippen LogP contribution in [-0.4, -0.2) is 37.2 Å². The van der Waals surface area contributed by atoms with Crippen molar-refractivity contribution in [2.45, 2.75) is 25.5 Å². The van der Waals surface area contributed by atoms with Gasteiger partial charge in [0, 0.05) is 13.1 Å². The number of nitrogens with two attached hydrogens (primary N) is 1. The van der Waals surface area contributed by atoms with Crippen LogP contribution in [0.1, 0.15) is 25.1 Å². The van der Waals surface area contributed by atoms with Crippen molar-refractivity contribution in [1.82, 2.24) is 4.90 Å². The average Bonchev–Trinajstić information content (AvgIpc) is 2.75. The Morgan fingerprint density at radius 2 is 2.35 bits per heavy atom. The summed E-state index contributed by atoms with van der Waals surface area (Å²) >= 11 is 3.34. The van der Waals surface area contributed by atoms with E-state index in [1.807, 2.05) is 12.1 Å². The molecule has 4 nitrogen and oxygen atoms in total. The molecule has 1 fully saturated rings. The molecule has 0 radical (unpaired) electrons. The van der Waals surface area contributed by atoms with Crippen LogP contribution in [0.2, 0.25) is 0 Å². The fourth-order valence-electron chi connectivity index (χ4n) is 2.37. The zero-order valence-corrected chi connectivity index (χ0v) is 11.6. The Labute approximate surface area is 110 Å². The summed E-state index contributed by atoms with van der Waals surface area (Å²) in [6.45, 7) is 5.43. The van der Waals surface area contributed by atoms with E-state index in [2.05, 4.69) is 27.8 Å². The number of halogens is 1. The van der Waals surface area contributed by atoms with E-state index < -0.39 is 0 Å². The Balaban J connectivity index is 2.21. The lowest BCUT2D eigenvalue weighted by Gasteiger charge is -2.39. The lowest BCUT2D eigenvalue weighted by molar-refractivity contribution is -0.0741. The van der Waals surface area contributed by atoms with Crippen LogP contribution in [0.5, 0.6) is 0 Å². The lowest BCUT2D eigenvalue weighted by Crippen LogP contribution is -2.48. The summed E-state index contributed by atoms with van der Waals surface area (Å²) in [5.74, 6) is 0.931. The molecule has 2 N–H and O–H groups in total. The SMILES string of the molecule is CCCN1CCOC(CN)C1c1ccc(Br)o1. The molecule has 17 heavy (non-hydrogen) atoms. The van der Waals surface area contributed by atoms with Gasteiger partial charge >= 0.3 is 0 Å². The molecule has 0 aromatic carbocycles. The Morgan fingerprint density at radius 3 is 2.94 bits per heavy atom. The summed E-state index contributed by atoms with van der Waals surface area (Å²) in [5.41, 5.74) is 5.79. The molecule has 0 aliphatic carbocycles. The zero-order valence-electron chi connectivity index (χ0n) is 10.1. The van der Waals surface area contributed by atoms with Crippen LogP contribution in [0.3, 0.4) is 0 Å². The second-order valence-corrected chi connectivity index (χ2v) is 5.05. The molecule has 0 spiro atoms. The highest BCUT2D eigenvalue weighted by Gasteiger charge is 2.34. The van der Waals surface area contributed by atoms with Crippen LogP contribution in [0.25, 0.3) is 0 Å². The molecule has 2 unspecified atom stereocenters. The molecule has 2 rings (SSSR count). The van der Waals surface area contributed by atoms with Crippen LogP contribution in [0.4, 0.5) is 0 Å². The Bertz CT molecular complexity index is 354. The highest BCUT2D eigenvalue weighted by molar-refractivity contribution is 9.10. The molecule has 1 aromatic rings. The van der Waals surface area contributed by atoms with Gasteiger partial charge in [0.1, 0.15) is 5.76 Å². The van der Waals surface area contributed by atoms with Gasteiger partial charge in [-0.25, -0.2) is 0 Å². The summed E-state index contributed by atoms with van der Waals surface area (Å²) in [6, 6.07) is 4.05. The maximum atomic E-state index is 5.79. The van der Waals surface area contributed by atoms with E-state index in [-0.39, 0.29) is 12.1 Å². The largest absolute Gasteiger partial charge is 0.453 e. The van der Waals surface area contributed by atoms with Gasteiger partial charge in [0.25, 0.3) is 0 Å². The molecule has 1 saturated heterocycles. The third-order valence-electron chi connectivity index (χ3n) is 3.08. The third kappa shape index (κ3) is 2.91. The van der Waals surface area contributed by atoms with E-state index in [1.54, 1.807) is 0 Å². The summed E-state index contributed by atoms with van der Waals surface area (Å²) in [4.78, 5) is 2.40. The van der Waals surface area contributed by atoms with Gasteiger partial charge in [-0.15, -0.1) is 0 Å². The molecule has 1 aliphatic heterocycles. The van der Waals surface area contributed by atoms with Gasteiger partial charge in [-0.2, -0.15) is 0 Å². The first-order valence-electron chi connectivity index (χ1n) is 6.07. The third-order valence-corrected chi connectivity index (χ3v) is 3.51. The standard InChI is InChI=1S/C12H19BrN2O2/c1-2-5-15-6-7-16-10(8-14)12(15)9-3-4-11(13)17-9/h3-4,10,12H,2,5-8,14H2,1H3. The molecular formula is C12H19BrN2O2. The van der Waals surface area contributed by atoms with Crippen molar-refractivity contribution in [3.63, 3.8) is 0 Å². The molecule has 0 amide bonds. The summed E-state index contributed by atoms with van der Waals surface area (Å²) in [6.07, 6.45) is 1.14. The van der Waals surface area contributed by atoms with Gasteiger partial charge in [-0.05, 0) is 41.0 Å². The number of rotatable bonds is 4. The van der Waals surface area contributed by atoms with E-state index in [9.17, 15) is 0 Å². The normalized spacial score (nSPS) is 26.3. The molecule has 1 aromatic heterocycles. The first-order valence-corrected chi connectivity index (χ1v) is 6.86. The second kappa shape index (κ2) is 6.00. The Hall–Kier alpha value is -0.360. The van der Waals surface area contributed by atoms with Crippen molar-refractivity contribution < 1.29 is 9.15 Å². The van der Waals surface area contributed by atoms with E-state index >= 15 is 0 Å². The van der Waals surface area contributed by atoms with Gasteiger partial charge in [0.2, 0.25) is 0 Å². The van der Waals surface area contributed by atoms with Crippen molar-refractivity contribution in [2.75, 3.05) is 26.2 Å². The van der Waals surface area contributed by atoms with E-state index in [0.717, 1.165) is 36.5 Å². The van der Waals surface area contributed by atoms with Crippen LogP contribution >= 0.6 is 15.9 Å². The molecule has 5 heteroatoms. The number of hydrogen-bond acceptors (Lipinski definition) is 4. The van der Waals surface area contributed by atoms with Crippen molar-refractivity contribution in [1.29, 1.82) is 0 Å². The second-order valence-electron chi connectivity index (χ2n) is 4.27. The number of nitrogens with zero attached hydrogens (tertiary/aromatic N) is 1. The molecule has 0 saturated carbocycles.